The summed E-state index contributed by atoms with van der Waals surface area (Å²) in [5.74, 6) is 3.33. The number of carbonyl (C=O) groups excluding carboxylic acids is 1. The molecule has 1 saturated heterocycles. The van der Waals surface area contributed by atoms with Gasteiger partial charge in [-0.15, -0.1) is 0 Å². The Balaban J connectivity index is 1.76. The van der Waals surface area contributed by atoms with E-state index in [9.17, 15) is 4.79 Å². The second-order valence-corrected chi connectivity index (χ2v) is 6.16. The number of rotatable bonds is 4. The Kier molecular flexibility index (Phi) is 4.14. The van der Waals surface area contributed by atoms with E-state index in [0.717, 1.165) is 18.2 Å². The van der Waals surface area contributed by atoms with Gasteiger partial charge in [0.25, 0.3) is 0 Å². The van der Waals surface area contributed by atoms with Crippen molar-refractivity contribution in [3.63, 3.8) is 0 Å². The van der Waals surface area contributed by atoms with Crippen LogP contribution in [0.4, 0.5) is 0 Å². The van der Waals surface area contributed by atoms with E-state index in [2.05, 4.69) is 12.2 Å². The zero-order chi connectivity index (χ0) is 11.5. The normalized spacial score (nSPS) is 27.5. The summed E-state index contributed by atoms with van der Waals surface area (Å²) in [4.78, 5) is 14.0. The third-order valence-electron chi connectivity index (χ3n) is 3.73. The SMILES string of the molecule is CC(C1CC1)N(C)C(=O)CC1CSCCN1. The summed E-state index contributed by atoms with van der Waals surface area (Å²) in [6, 6.07) is 0.823. The van der Waals surface area contributed by atoms with Crippen LogP contribution in [0, 0.1) is 5.92 Å². The highest BCUT2D eigenvalue weighted by molar-refractivity contribution is 7.99. The van der Waals surface area contributed by atoms with E-state index in [1.54, 1.807) is 0 Å². The molecule has 1 amide bonds. The van der Waals surface area contributed by atoms with Gasteiger partial charge in [0.1, 0.15) is 0 Å². The van der Waals surface area contributed by atoms with Crippen molar-refractivity contribution in [3.05, 3.63) is 0 Å². The van der Waals surface area contributed by atoms with E-state index in [1.165, 1.54) is 18.6 Å². The van der Waals surface area contributed by atoms with Gasteiger partial charge in [-0.25, -0.2) is 0 Å². The first-order chi connectivity index (χ1) is 7.68. The van der Waals surface area contributed by atoms with Crippen LogP contribution in [0.2, 0.25) is 0 Å². The monoisotopic (exact) mass is 242 g/mol. The first-order valence-electron chi connectivity index (χ1n) is 6.25. The van der Waals surface area contributed by atoms with Crippen molar-refractivity contribution in [2.75, 3.05) is 25.1 Å². The highest BCUT2D eigenvalue weighted by Gasteiger charge is 2.32. The Hall–Kier alpha value is -0.220. The largest absolute Gasteiger partial charge is 0.343 e. The zero-order valence-electron chi connectivity index (χ0n) is 10.2. The van der Waals surface area contributed by atoms with Crippen LogP contribution in [0.15, 0.2) is 0 Å². The number of nitrogens with one attached hydrogen (secondary N) is 1. The van der Waals surface area contributed by atoms with E-state index in [0.29, 0.717) is 24.4 Å². The second-order valence-electron chi connectivity index (χ2n) is 5.01. The average molecular weight is 242 g/mol. The quantitative estimate of drug-likeness (QED) is 0.807. The fraction of sp³-hybridized carbons (Fsp3) is 0.917. The maximum Gasteiger partial charge on any atom is 0.224 e. The summed E-state index contributed by atoms with van der Waals surface area (Å²) >= 11 is 1.95. The maximum atomic E-state index is 12.1. The molecule has 0 bridgehead atoms. The summed E-state index contributed by atoms with van der Waals surface area (Å²) in [7, 11) is 1.96. The minimum absolute atomic E-state index is 0.305. The van der Waals surface area contributed by atoms with E-state index in [4.69, 9.17) is 0 Å². The van der Waals surface area contributed by atoms with Crippen molar-refractivity contribution in [2.24, 2.45) is 5.92 Å². The number of thioether (sulfide) groups is 1. The van der Waals surface area contributed by atoms with Gasteiger partial charge in [-0.3, -0.25) is 4.79 Å². The Morgan fingerprint density at radius 1 is 1.56 bits per heavy atom. The summed E-state index contributed by atoms with van der Waals surface area (Å²) in [5.41, 5.74) is 0. The van der Waals surface area contributed by atoms with E-state index in [-0.39, 0.29) is 0 Å². The van der Waals surface area contributed by atoms with Gasteiger partial charge in [0, 0.05) is 43.6 Å². The molecule has 2 atom stereocenters. The van der Waals surface area contributed by atoms with Gasteiger partial charge in [-0.1, -0.05) is 0 Å². The van der Waals surface area contributed by atoms with Crippen LogP contribution in [0.1, 0.15) is 26.2 Å². The van der Waals surface area contributed by atoms with Crippen molar-refractivity contribution in [2.45, 2.75) is 38.3 Å². The highest BCUT2D eigenvalue weighted by Crippen LogP contribution is 2.34. The fourth-order valence-electron chi connectivity index (χ4n) is 2.23. The van der Waals surface area contributed by atoms with Gasteiger partial charge in [-0.05, 0) is 25.7 Å². The lowest BCUT2D eigenvalue weighted by Crippen LogP contribution is -2.44. The van der Waals surface area contributed by atoms with E-state index in [1.807, 2.05) is 23.7 Å². The Morgan fingerprint density at radius 3 is 2.88 bits per heavy atom. The molecule has 2 fully saturated rings. The summed E-state index contributed by atoms with van der Waals surface area (Å²) in [5, 5.41) is 3.42. The van der Waals surface area contributed by atoms with Crippen LogP contribution in [0.25, 0.3) is 0 Å². The van der Waals surface area contributed by atoms with Gasteiger partial charge in [-0.2, -0.15) is 11.8 Å². The lowest BCUT2D eigenvalue weighted by atomic mass is 10.1. The number of hydrogen-bond acceptors (Lipinski definition) is 3. The molecular weight excluding hydrogens is 220 g/mol. The van der Waals surface area contributed by atoms with Crippen LogP contribution in [-0.2, 0) is 4.79 Å². The Morgan fingerprint density at radius 2 is 2.31 bits per heavy atom. The topological polar surface area (TPSA) is 32.3 Å². The predicted octanol–water partition coefficient (Wildman–Crippen LogP) is 1.34. The molecule has 0 aromatic heterocycles. The highest BCUT2D eigenvalue weighted by atomic mass is 32.2. The molecule has 3 nitrogen and oxygen atoms in total. The van der Waals surface area contributed by atoms with Gasteiger partial charge in [0.15, 0.2) is 0 Å². The average Bonchev–Trinajstić information content (AvgIpc) is 3.12. The lowest BCUT2D eigenvalue weighted by molar-refractivity contribution is -0.132. The van der Waals surface area contributed by atoms with Gasteiger partial charge in [0.2, 0.25) is 5.91 Å². The van der Waals surface area contributed by atoms with Gasteiger partial charge >= 0.3 is 0 Å². The minimum Gasteiger partial charge on any atom is -0.343 e. The first-order valence-corrected chi connectivity index (χ1v) is 7.40. The molecular formula is C12H22N2OS. The Bertz CT molecular complexity index is 249. The number of nitrogens with zero attached hydrogens (tertiary/aromatic N) is 1. The summed E-state index contributed by atoms with van der Waals surface area (Å²) < 4.78 is 0. The van der Waals surface area contributed by atoms with E-state index < -0.39 is 0 Å². The molecule has 0 spiro atoms. The molecule has 4 heteroatoms. The molecule has 0 radical (unpaired) electrons. The Labute approximate surface area is 102 Å². The smallest absolute Gasteiger partial charge is 0.224 e. The second kappa shape index (κ2) is 5.41. The molecule has 0 aromatic carbocycles. The molecule has 0 aromatic rings. The molecule has 16 heavy (non-hydrogen) atoms. The third-order valence-corrected chi connectivity index (χ3v) is 4.86. The first kappa shape index (κ1) is 12.2. The maximum absolute atomic E-state index is 12.1. The van der Waals surface area contributed by atoms with Crippen molar-refractivity contribution in [1.29, 1.82) is 0 Å². The molecule has 1 aliphatic heterocycles. The van der Waals surface area contributed by atoms with Crippen LogP contribution in [0.3, 0.4) is 0 Å². The number of carbonyl (C=O) groups is 1. The number of hydrogen-bond donors (Lipinski definition) is 1. The van der Waals surface area contributed by atoms with Crippen molar-refractivity contribution in [3.8, 4) is 0 Å². The third kappa shape index (κ3) is 3.14. The van der Waals surface area contributed by atoms with E-state index >= 15 is 0 Å². The van der Waals surface area contributed by atoms with Crippen LogP contribution in [0.5, 0.6) is 0 Å². The molecule has 1 saturated carbocycles. The predicted molar refractivity (Wildman–Crippen MR) is 68.7 cm³/mol. The molecule has 1 N–H and O–H groups in total. The summed E-state index contributed by atoms with van der Waals surface area (Å²) in [6.45, 7) is 3.23. The van der Waals surface area contributed by atoms with Crippen LogP contribution < -0.4 is 5.32 Å². The van der Waals surface area contributed by atoms with Crippen LogP contribution in [-0.4, -0.2) is 48.0 Å². The zero-order valence-corrected chi connectivity index (χ0v) is 11.1. The molecule has 1 aliphatic carbocycles. The molecule has 1 heterocycles. The number of amides is 1. The van der Waals surface area contributed by atoms with Crippen molar-refractivity contribution >= 4 is 17.7 Å². The fourth-order valence-corrected chi connectivity index (χ4v) is 3.18. The van der Waals surface area contributed by atoms with Crippen molar-refractivity contribution < 1.29 is 4.79 Å². The van der Waals surface area contributed by atoms with Crippen molar-refractivity contribution in [1.82, 2.24) is 10.2 Å². The molecule has 92 valence electrons. The summed E-state index contributed by atoms with van der Waals surface area (Å²) in [6.07, 6.45) is 3.27. The van der Waals surface area contributed by atoms with Gasteiger partial charge in [0.05, 0.1) is 0 Å². The van der Waals surface area contributed by atoms with Gasteiger partial charge < -0.3 is 10.2 Å². The molecule has 2 unspecified atom stereocenters. The molecule has 2 rings (SSSR count). The van der Waals surface area contributed by atoms with Crippen LogP contribution >= 0.6 is 11.8 Å². The lowest BCUT2D eigenvalue weighted by Gasteiger charge is -2.28. The molecule has 2 aliphatic rings. The standard InChI is InChI=1S/C12H22N2OS/c1-9(10-3-4-10)14(2)12(15)7-11-8-16-6-5-13-11/h9-11,13H,3-8H2,1-2H3. The minimum atomic E-state index is 0.305.